The highest BCUT2D eigenvalue weighted by Gasteiger charge is 2.60. The minimum absolute atomic E-state index is 0.0774. The maximum atomic E-state index is 14.8. The van der Waals surface area contributed by atoms with E-state index in [2.05, 4.69) is 15.3 Å². The maximum absolute atomic E-state index is 14.8. The average molecular weight is 414 g/mol. The van der Waals surface area contributed by atoms with Crippen LogP contribution in [0.15, 0.2) is 28.6 Å². The molecular weight excluding hydrogens is 396 g/mol. The van der Waals surface area contributed by atoms with E-state index >= 15 is 0 Å². The second-order valence-corrected chi connectivity index (χ2v) is 7.95. The minimum Gasteiger partial charge on any atom is -0.385 e. The van der Waals surface area contributed by atoms with Crippen LogP contribution in [0.1, 0.15) is 41.3 Å². The van der Waals surface area contributed by atoms with E-state index in [9.17, 15) is 22.4 Å². The fraction of sp³-hybridized carbons (Fsp3) is 0.389. The highest BCUT2D eigenvalue weighted by molar-refractivity contribution is 7.11. The Morgan fingerprint density at radius 1 is 1.29 bits per heavy atom. The summed E-state index contributed by atoms with van der Waals surface area (Å²) in [6, 6.07) is 3.22. The number of benzene rings is 1. The Balaban J connectivity index is 2.01. The molecule has 2 atom stereocenters. The molecule has 1 aliphatic rings. The quantitative estimate of drug-likeness (QED) is 0.740. The molecular formula is C18H18F4N4OS. The number of rotatable bonds is 3. The van der Waals surface area contributed by atoms with Gasteiger partial charge in [0.15, 0.2) is 16.2 Å². The summed E-state index contributed by atoms with van der Waals surface area (Å²) in [6.07, 6.45) is -1.24. The molecule has 0 saturated heterocycles. The van der Waals surface area contributed by atoms with Crippen LogP contribution in [0.2, 0.25) is 0 Å². The fourth-order valence-electron chi connectivity index (χ4n) is 3.00. The van der Waals surface area contributed by atoms with Crippen molar-refractivity contribution >= 4 is 28.8 Å². The van der Waals surface area contributed by atoms with E-state index in [0.717, 1.165) is 37.3 Å². The smallest absolute Gasteiger partial charge is 0.284 e. The Labute approximate surface area is 162 Å². The third kappa shape index (κ3) is 3.36. The number of halogens is 4. The van der Waals surface area contributed by atoms with Gasteiger partial charge in [0.05, 0.1) is 6.42 Å². The first kappa shape index (κ1) is 20.2. The Hall–Kier alpha value is -2.49. The molecule has 0 aliphatic carbocycles. The molecule has 1 aromatic carbocycles. The standard InChI is InChI=1S/C18H18F4N4OS/c1-9-7-28-14(24-9)13(27)25-10-4-5-12(19)11(6-10)17(3)18(21,22)8-16(2,20)15(23)26-17/h4-7H,8H2,1-3H3,(H2,23,26)(H,25,27)/t16-,17-/m1/s1. The van der Waals surface area contributed by atoms with Crippen molar-refractivity contribution < 1.29 is 22.4 Å². The van der Waals surface area contributed by atoms with Crippen molar-refractivity contribution in [3.63, 3.8) is 0 Å². The van der Waals surface area contributed by atoms with Crippen LogP contribution in [-0.4, -0.2) is 28.3 Å². The van der Waals surface area contributed by atoms with Gasteiger partial charge >= 0.3 is 0 Å². The summed E-state index contributed by atoms with van der Waals surface area (Å²) < 4.78 is 58.3. The number of aliphatic imine (C=N–C) groups is 1. The molecule has 2 heterocycles. The van der Waals surface area contributed by atoms with Gasteiger partial charge in [-0.25, -0.2) is 22.5 Å². The third-order valence-corrected chi connectivity index (χ3v) is 5.67. The molecule has 10 heteroatoms. The lowest BCUT2D eigenvalue weighted by Crippen LogP contribution is -2.56. The number of carbonyl (C=O) groups excluding carboxylic acids is 1. The lowest BCUT2D eigenvalue weighted by Gasteiger charge is -2.42. The Morgan fingerprint density at radius 3 is 2.57 bits per heavy atom. The average Bonchev–Trinajstić information content (AvgIpc) is 3.01. The van der Waals surface area contributed by atoms with E-state index in [0.29, 0.717) is 5.69 Å². The van der Waals surface area contributed by atoms with Crippen LogP contribution in [0.4, 0.5) is 23.2 Å². The molecule has 0 radical (unpaired) electrons. The number of hydrogen-bond donors (Lipinski definition) is 2. The summed E-state index contributed by atoms with van der Waals surface area (Å²) in [6.45, 7) is 3.61. The molecule has 1 aliphatic heterocycles. The number of nitrogens with zero attached hydrogens (tertiary/aromatic N) is 2. The van der Waals surface area contributed by atoms with Gasteiger partial charge in [0.2, 0.25) is 0 Å². The van der Waals surface area contributed by atoms with Crippen LogP contribution in [0.3, 0.4) is 0 Å². The molecule has 0 unspecified atom stereocenters. The van der Waals surface area contributed by atoms with Crippen molar-refractivity contribution in [3.8, 4) is 0 Å². The summed E-state index contributed by atoms with van der Waals surface area (Å²) in [5.74, 6) is -5.87. The molecule has 0 saturated carbocycles. The molecule has 3 N–H and O–H groups in total. The summed E-state index contributed by atoms with van der Waals surface area (Å²) in [5, 5.41) is 4.35. The van der Waals surface area contributed by atoms with E-state index < -0.39 is 46.7 Å². The summed E-state index contributed by atoms with van der Waals surface area (Å²) in [5.41, 5.74) is 0.842. The van der Waals surface area contributed by atoms with Crippen LogP contribution in [0.25, 0.3) is 0 Å². The number of amidine groups is 1. The molecule has 3 rings (SSSR count). The monoisotopic (exact) mass is 414 g/mol. The van der Waals surface area contributed by atoms with E-state index in [4.69, 9.17) is 5.73 Å². The fourth-order valence-corrected chi connectivity index (χ4v) is 3.68. The maximum Gasteiger partial charge on any atom is 0.284 e. The van der Waals surface area contributed by atoms with Gasteiger partial charge in [-0.1, -0.05) is 0 Å². The van der Waals surface area contributed by atoms with Gasteiger partial charge in [0.1, 0.15) is 11.7 Å². The number of nitrogens with one attached hydrogen (secondary N) is 1. The van der Waals surface area contributed by atoms with Gasteiger partial charge < -0.3 is 11.1 Å². The molecule has 150 valence electrons. The third-order valence-electron chi connectivity index (χ3n) is 4.71. The first-order valence-corrected chi connectivity index (χ1v) is 9.20. The van der Waals surface area contributed by atoms with Gasteiger partial charge in [0.25, 0.3) is 11.8 Å². The van der Waals surface area contributed by atoms with Gasteiger partial charge in [0, 0.05) is 22.3 Å². The molecule has 1 aromatic heterocycles. The van der Waals surface area contributed by atoms with E-state index in [-0.39, 0.29) is 10.7 Å². The molecule has 0 spiro atoms. The number of thiazole rings is 1. The molecule has 0 bridgehead atoms. The van der Waals surface area contributed by atoms with Crippen molar-refractivity contribution in [3.05, 3.63) is 45.7 Å². The van der Waals surface area contributed by atoms with Crippen molar-refractivity contribution in [2.75, 3.05) is 5.32 Å². The van der Waals surface area contributed by atoms with E-state index in [1.54, 1.807) is 12.3 Å². The largest absolute Gasteiger partial charge is 0.385 e. The van der Waals surface area contributed by atoms with Crippen LogP contribution >= 0.6 is 11.3 Å². The lowest BCUT2D eigenvalue weighted by molar-refractivity contribution is -0.106. The van der Waals surface area contributed by atoms with Crippen molar-refractivity contribution in [1.29, 1.82) is 0 Å². The minimum atomic E-state index is -3.71. The molecule has 2 aromatic rings. The number of anilines is 1. The normalized spacial score (nSPS) is 26.6. The summed E-state index contributed by atoms with van der Waals surface area (Å²) >= 11 is 1.11. The molecule has 28 heavy (non-hydrogen) atoms. The summed E-state index contributed by atoms with van der Waals surface area (Å²) in [7, 11) is 0. The number of aryl methyl sites for hydroxylation is 1. The van der Waals surface area contributed by atoms with Gasteiger partial charge in [-0.2, -0.15) is 0 Å². The SMILES string of the molecule is Cc1csc(C(=O)Nc2ccc(F)c([C@@]3(C)N=C(N)[C@](C)(F)CC3(F)F)c2)n1. The van der Waals surface area contributed by atoms with Crippen LogP contribution in [0.5, 0.6) is 0 Å². The molecule has 1 amide bonds. The molecule has 0 fully saturated rings. The van der Waals surface area contributed by atoms with Crippen LogP contribution in [-0.2, 0) is 5.54 Å². The van der Waals surface area contributed by atoms with E-state index in [1.165, 1.54) is 6.07 Å². The Bertz CT molecular complexity index is 972. The first-order chi connectivity index (χ1) is 12.9. The predicted octanol–water partition coefficient (Wildman–Crippen LogP) is 4.18. The van der Waals surface area contributed by atoms with E-state index in [1.807, 2.05) is 0 Å². The van der Waals surface area contributed by atoms with Crippen molar-refractivity contribution in [1.82, 2.24) is 4.98 Å². The van der Waals surface area contributed by atoms with Gasteiger partial charge in [-0.3, -0.25) is 9.79 Å². The van der Waals surface area contributed by atoms with Gasteiger partial charge in [-0.05, 0) is 39.0 Å². The summed E-state index contributed by atoms with van der Waals surface area (Å²) in [4.78, 5) is 19.9. The topological polar surface area (TPSA) is 80.4 Å². The number of hydrogen-bond acceptors (Lipinski definition) is 5. The number of carbonyl (C=O) groups is 1. The lowest BCUT2D eigenvalue weighted by atomic mass is 9.77. The molecule has 5 nitrogen and oxygen atoms in total. The zero-order valence-electron chi connectivity index (χ0n) is 15.3. The van der Waals surface area contributed by atoms with Crippen molar-refractivity contribution in [2.24, 2.45) is 10.7 Å². The Morgan fingerprint density at radius 2 is 1.96 bits per heavy atom. The van der Waals surface area contributed by atoms with Crippen LogP contribution in [0, 0.1) is 12.7 Å². The van der Waals surface area contributed by atoms with Crippen LogP contribution < -0.4 is 11.1 Å². The van der Waals surface area contributed by atoms with Gasteiger partial charge in [-0.15, -0.1) is 11.3 Å². The first-order valence-electron chi connectivity index (χ1n) is 8.32. The number of amides is 1. The second-order valence-electron chi connectivity index (χ2n) is 7.09. The number of nitrogens with two attached hydrogens (primary N) is 1. The zero-order valence-corrected chi connectivity index (χ0v) is 16.1. The van der Waals surface area contributed by atoms with Crippen molar-refractivity contribution in [2.45, 2.75) is 44.3 Å². The highest BCUT2D eigenvalue weighted by atomic mass is 32.1. The highest BCUT2D eigenvalue weighted by Crippen LogP contribution is 2.50. The zero-order chi connectivity index (χ0) is 20.9. The number of aromatic nitrogens is 1. The number of alkyl halides is 3. The second kappa shape index (κ2) is 6.54. The Kier molecular flexibility index (Phi) is 4.73. The predicted molar refractivity (Wildman–Crippen MR) is 99.3 cm³/mol.